The summed E-state index contributed by atoms with van der Waals surface area (Å²) in [5.41, 5.74) is 9.46. The summed E-state index contributed by atoms with van der Waals surface area (Å²) >= 11 is 5.11. The fourth-order valence-corrected chi connectivity index (χ4v) is 2.47. The monoisotopic (exact) mass is 293 g/mol. The van der Waals surface area contributed by atoms with Crippen LogP contribution >= 0.6 is 12.2 Å². The summed E-state index contributed by atoms with van der Waals surface area (Å²) in [6.07, 6.45) is 3.65. The number of nitrogens with zero attached hydrogens (tertiary/aromatic N) is 1. The van der Waals surface area contributed by atoms with Crippen LogP contribution in [0.2, 0.25) is 0 Å². The minimum absolute atomic E-state index is 0.391. The molecular formula is C15H23N3OS. The quantitative estimate of drug-likeness (QED) is 0.570. The van der Waals surface area contributed by atoms with Crippen molar-refractivity contribution in [3.63, 3.8) is 0 Å². The van der Waals surface area contributed by atoms with E-state index in [0.717, 1.165) is 54.7 Å². The molecule has 1 aliphatic carbocycles. The molecule has 0 unspecified atom stereocenters. The highest BCUT2D eigenvalue weighted by molar-refractivity contribution is 7.80. The highest BCUT2D eigenvalue weighted by atomic mass is 32.1. The molecule has 4 nitrogen and oxygen atoms in total. The zero-order chi connectivity index (χ0) is 14.5. The largest absolute Gasteiger partial charge is 0.389 e. The zero-order valence-corrected chi connectivity index (χ0v) is 13.1. The fourth-order valence-electron chi connectivity index (χ4n) is 2.21. The molecule has 0 amide bonds. The van der Waals surface area contributed by atoms with Crippen molar-refractivity contribution < 1.29 is 4.74 Å². The SMILES string of the molecule is Cc1cc(NCCCOCC2CC2)c(C(N)=S)c(C)n1. The highest BCUT2D eigenvalue weighted by Gasteiger charge is 2.20. The van der Waals surface area contributed by atoms with Crippen molar-refractivity contribution in [3.8, 4) is 0 Å². The van der Waals surface area contributed by atoms with Gasteiger partial charge in [-0.1, -0.05) is 12.2 Å². The van der Waals surface area contributed by atoms with Gasteiger partial charge in [-0.25, -0.2) is 0 Å². The van der Waals surface area contributed by atoms with Crippen LogP contribution in [0.3, 0.4) is 0 Å². The predicted molar refractivity (Wildman–Crippen MR) is 86.2 cm³/mol. The van der Waals surface area contributed by atoms with Gasteiger partial charge < -0.3 is 15.8 Å². The molecule has 1 saturated carbocycles. The minimum atomic E-state index is 0.391. The van der Waals surface area contributed by atoms with E-state index in [4.69, 9.17) is 22.7 Å². The number of nitrogens with two attached hydrogens (primary N) is 1. The predicted octanol–water partition coefficient (Wildman–Crippen LogP) is 2.56. The van der Waals surface area contributed by atoms with Gasteiger partial charge in [0.25, 0.3) is 0 Å². The Morgan fingerprint density at radius 2 is 2.25 bits per heavy atom. The average molecular weight is 293 g/mol. The molecule has 0 bridgehead atoms. The lowest BCUT2D eigenvalue weighted by atomic mass is 10.1. The Labute approximate surface area is 126 Å². The standard InChI is InChI=1S/C15H23N3OS/c1-10-8-13(14(15(16)20)11(2)18-10)17-6-3-7-19-9-12-4-5-12/h8,12H,3-7,9H2,1-2H3,(H2,16,20)(H,17,18). The van der Waals surface area contributed by atoms with Crippen molar-refractivity contribution in [1.82, 2.24) is 4.98 Å². The van der Waals surface area contributed by atoms with E-state index in [9.17, 15) is 0 Å². The van der Waals surface area contributed by atoms with Crippen molar-refractivity contribution in [2.45, 2.75) is 33.1 Å². The fraction of sp³-hybridized carbons (Fsp3) is 0.600. The van der Waals surface area contributed by atoms with Gasteiger partial charge in [-0.15, -0.1) is 0 Å². The molecule has 0 spiro atoms. The first kappa shape index (κ1) is 15.2. The molecule has 3 N–H and O–H groups in total. The third-order valence-electron chi connectivity index (χ3n) is 3.41. The molecule has 1 heterocycles. The Morgan fingerprint density at radius 1 is 1.50 bits per heavy atom. The van der Waals surface area contributed by atoms with Gasteiger partial charge in [0.2, 0.25) is 0 Å². The summed E-state index contributed by atoms with van der Waals surface area (Å²) in [5, 5.41) is 3.39. The summed E-state index contributed by atoms with van der Waals surface area (Å²) < 4.78 is 5.62. The Kier molecular flexibility index (Phi) is 5.31. The highest BCUT2D eigenvalue weighted by Crippen LogP contribution is 2.28. The molecule has 0 atom stereocenters. The van der Waals surface area contributed by atoms with E-state index in [1.807, 2.05) is 19.9 Å². The van der Waals surface area contributed by atoms with Gasteiger partial charge >= 0.3 is 0 Å². The smallest absolute Gasteiger partial charge is 0.107 e. The van der Waals surface area contributed by atoms with Crippen LogP contribution in [0.1, 0.15) is 36.2 Å². The number of thiocarbonyl (C=S) groups is 1. The summed E-state index contributed by atoms with van der Waals surface area (Å²) in [4.78, 5) is 4.80. The number of nitrogens with one attached hydrogen (secondary N) is 1. The topological polar surface area (TPSA) is 60.2 Å². The van der Waals surface area contributed by atoms with Gasteiger partial charge in [-0.3, -0.25) is 4.98 Å². The lowest BCUT2D eigenvalue weighted by Crippen LogP contribution is -2.17. The van der Waals surface area contributed by atoms with Crippen LogP contribution in [0.4, 0.5) is 5.69 Å². The summed E-state index contributed by atoms with van der Waals surface area (Å²) in [7, 11) is 0. The second-order valence-corrected chi connectivity index (χ2v) is 5.87. The number of hydrogen-bond acceptors (Lipinski definition) is 4. The normalized spacial score (nSPS) is 14.3. The first-order valence-electron chi connectivity index (χ1n) is 7.17. The maximum absolute atomic E-state index is 5.78. The van der Waals surface area contributed by atoms with Crippen molar-refractivity contribution in [1.29, 1.82) is 0 Å². The van der Waals surface area contributed by atoms with Crippen LogP contribution in [0, 0.1) is 19.8 Å². The molecule has 110 valence electrons. The molecule has 1 aromatic heterocycles. The van der Waals surface area contributed by atoms with E-state index >= 15 is 0 Å². The molecule has 1 aromatic rings. The van der Waals surface area contributed by atoms with Crippen LogP contribution in [0.5, 0.6) is 0 Å². The number of aromatic nitrogens is 1. The first-order valence-corrected chi connectivity index (χ1v) is 7.58. The number of anilines is 1. The van der Waals surface area contributed by atoms with Crippen molar-refractivity contribution >= 4 is 22.9 Å². The Bertz CT molecular complexity index is 486. The number of rotatable bonds is 8. The Morgan fingerprint density at radius 3 is 2.90 bits per heavy atom. The van der Waals surface area contributed by atoms with E-state index in [2.05, 4.69) is 10.3 Å². The van der Waals surface area contributed by atoms with Gasteiger partial charge in [0.1, 0.15) is 4.99 Å². The molecular weight excluding hydrogens is 270 g/mol. The zero-order valence-electron chi connectivity index (χ0n) is 12.2. The van der Waals surface area contributed by atoms with Crippen molar-refractivity contribution in [3.05, 3.63) is 23.0 Å². The van der Waals surface area contributed by atoms with E-state index in [1.165, 1.54) is 12.8 Å². The molecule has 0 radical (unpaired) electrons. The van der Waals surface area contributed by atoms with Gasteiger partial charge in [-0.05, 0) is 45.1 Å². The number of pyridine rings is 1. The average Bonchev–Trinajstić information content (AvgIpc) is 3.16. The van der Waals surface area contributed by atoms with E-state index in [1.54, 1.807) is 0 Å². The van der Waals surface area contributed by atoms with Gasteiger partial charge in [0.05, 0.1) is 5.56 Å². The summed E-state index contributed by atoms with van der Waals surface area (Å²) in [6, 6.07) is 1.99. The number of hydrogen-bond donors (Lipinski definition) is 2. The Hall–Kier alpha value is -1.20. The van der Waals surface area contributed by atoms with Gasteiger partial charge in [-0.2, -0.15) is 0 Å². The molecule has 5 heteroatoms. The summed E-state index contributed by atoms with van der Waals surface area (Å²) in [5.74, 6) is 0.828. The molecule has 2 rings (SSSR count). The van der Waals surface area contributed by atoms with Crippen LogP contribution in [0.25, 0.3) is 0 Å². The Balaban J connectivity index is 1.82. The molecule has 1 aliphatic rings. The molecule has 0 saturated heterocycles. The van der Waals surface area contributed by atoms with E-state index in [-0.39, 0.29) is 0 Å². The van der Waals surface area contributed by atoms with E-state index in [0.29, 0.717) is 4.99 Å². The minimum Gasteiger partial charge on any atom is -0.389 e. The maximum Gasteiger partial charge on any atom is 0.107 e. The maximum atomic E-state index is 5.78. The molecule has 0 aromatic carbocycles. The second-order valence-electron chi connectivity index (χ2n) is 5.43. The first-order chi connectivity index (χ1) is 9.58. The van der Waals surface area contributed by atoms with Crippen molar-refractivity contribution in [2.24, 2.45) is 11.7 Å². The van der Waals surface area contributed by atoms with Crippen LogP contribution < -0.4 is 11.1 Å². The third kappa shape index (κ3) is 4.42. The molecule has 20 heavy (non-hydrogen) atoms. The second kappa shape index (κ2) is 6.99. The van der Waals surface area contributed by atoms with Crippen molar-refractivity contribution in [2.75, 3.05) is 25.1 Å². The van der Waals surface area contributed by atoms with Crippen LogP contribution in [-0.4, -0.2) is 29.7 Å². The lowest BCUT2D eigenvalue weighted by molar-refractivity contribution is 0.124. The lowest BCUT2D eigenvalue weighted by Gasteiger charge is -2.14. The molecule has 1 fully saturated rings. The number of aryl methyl sites for hydroxylation is 2. The van der Waals surface area contributed by atoms with E-state index < -0.39 is 0 Å². The van der Waals surface area contributed by atoms with Crippen LogP contribution in [0.15, 0.2) is 6.07 Å². The van der Waals surface area contributed by atoms with Gasteiger partial charge in [0.15, 0.2) is 0 Å². The third-order valence-corrected chi connectivity index (χ3v) is 3.61. The molecule has 0 aliphatic heterocycles. The summed E-state index contributed by atoms with van der Waals surface area (Å²) in [6.45, 7) is 6.48. The number of ether oxygens (including phenoxy) is 1. The van der Waals surface area contributed by atoms with Crippen LogP contribution in [-0.2, 0) is 4.74 Å². The van der Waals surface area contributed by atoms with Gasteiger partial charge in [0, 0.05) is 36.8 Å².